The minimum atomic E-state index is 0.106. The van der Waals surface area contributed by atoms with E-state index in [4.69, 9.17) is 9.97 Å². The van der Waals surface area contributed by atoms with Crippen LogP contribution in [-0.2, 0) is 25.9 Å². The summed E-state index contributed by atoms with van der Waals surface area (Å²) in [7, 11) is 3.94. The minimum absolute atomic E-state index is 0.106. The van der Waals surface area contributed by atoms with Crippen LogP contribution in [-0.4, -0.2) is 47.6 Å². The molecule has 1 fully saturated rings. The predicted octanol–water partition coefficient (Wildman–Crippen LogP) is 4.07. The Hall–Kier alpha value is -3.29. The maximum Gasteiger partial charge on any atom is 0.227 e. The molecule has 1 aliphatic heterocycles. The van der Waals surface area contributed by atoms with Crippen LogP contribution in [0, 0.1) is 6.92 Å². The molecule has 178 valence electrons. The van der Waals surface area contributed by atoms with Gasteiger partial charge in [-0.2, -0.15) is 4.98 Å². The first-order valence-corrected chi connectivity index (χ1v) is 12.1. The minimum Gasteiger partial charge on any atom is -0.341 e. The van der Waals surface area contributed by atoms with Crippen molar-refractivity contribution < 1.29 is 0 Å². The van der Waals surface area contributed by atoms with E-state index >= 15 is 0 Å². The zero-order chi connectivity index (χ0) is 24.0. The van der Waals surface area contributed by atoms with Gasteiger partial charge in [-0.25, -0.2) is 9.97 Å². The second kappa shape index (κ2) is 8.49. The molecule has 8 nitrogen and oxygen atoms in total. The highest BCUT2D eigenvalue weighted by Gasteiger charge is 2.26. The Morgan fingerprint density at radius 1 is 1.06 bits per heavy atom. The van der Waals surface area contributed by atoms with E-state index in [-0.39, 0.29) is 5.41 Å². The lowest BCUT2D eigenvalue weighted by molar-refractivity contribution is 0.490. The Kier molecular flexibility index (Phi) is 5.62. The quantitative estimate of drug-likeness (QED) is 0.459. The van der Waals surface area contributed by atoms with Gasteiger partial charge in [-0.15, -0.1) is 5.10 Å². The highest BCUT2D eigenvalue weighted by atomic mass is 15.4. The highest BCUT2D eigenvalue weighted by Crippen LogP contribution is 2.30. The van der Waals surface area contributed by atoms with Gasteiger partial charge in [0.1, 0.15) is 5.52 Å². The van der Waals surface area contributed by atoms with Crippen molar-refractivity contribution in [1.82, 2.24) is 34.5 Å². The van der Waals surface area contributed by atoms with Crippen molar-refractivity contribution in [2.24, 2.45) is 14.1 Å². The average Bonchev–Trinajstić information content (AvgIpc) is 3.40. The van der Waals surface area contributed by atoms with Gasteiger partial charge >= 0.3 is 0 Å². The van der Waals surface area contributed by atoms with E-state index in [2.05, 4.69) is 66.1 Å². The topological polar surface area (TPSA) is 77.6 Å². The second-order valence-electron chi connectivity index (χ2n) is 10.6. The van der Waals surface area contributed by atoms with Crippen molar-refractivity contribution >= 4 is 17.1 Å². The molecule has 0 bridgehead atoms. The first kappa shape index (κ1) is 22.5. The molecule has 5 rings (SSSR count). The zero-order valence-corrected chi connectivity index (χ0v) is 21.1. The Morgan fingerprint density at radius 2 is 1.82 bits per heavy atom. The van der Waals surface area contributed by atoms with Crippen molar-refractivity contribution in [2.45, 2.75) is 58.3 Å². The third-order valence-electron chi connectivity index (χ3n) is 7.02. The molecule has 3 aromatic heterocycles. The van der Waals surface area contributed by atoms with Crippen molar-refractivity contribution in [3.05, 3.63) is 58.8 Å². The third kappa shape index (κ3) is 4.29. The van der Waals surface area contributed by atoms with Crippen LogP contribution in [0.1, 0.15) is 67.6 Å². The van der Waals surface area contributed by atoms with Gasteiger partial charge in [-0.3, -0.25) is 4.68 Å². The van der Waals surface area contributed by atoms with E-state index in [1.807, 2.05) is 31.2 Å². The summed E-state index contributed by atoms with van der Waals surface area (Å²) in [6.07, 6.45) is 6.67. The molecule has 8 heteroatoms. The lowest BCUT2D eigenvalue weighted by Gasteiger charge is -2.31. The molecule has 0 unspecified atom stereocenters. The van der Waals surface area contributed by atoms with Crippen LogP contribution < -0.4 is 4.90 Å². The molecule has 1 aliphatic rings. The number of hydrogen-bond acceptors (Lipinski definition) is 6. The summed E-state index contributed by atoms with van der Waals surface area (Å²) in [4.78, 5) is 16.8. The number of aromatic nitrogens is 7. The molecule has 0 N–H and O–H groups in total. The number of benzene rings is 1. The molecule has 0 spiro atoms. The van der Waals surface area contributed by atoms with Gasteiger partial charge in [0.25, 0.3) is 0 Å². The van der Waals surface area contributed by atoms with E-state index in [9.17, 15) is 0 Å². The number of imidazole rings is 1. The van der Waals surface area contributed by atoms with Crippen LogP contribution in [0.25, 0.3) is 11.2 Å². The van der Waals surface area contributed by atoms with Gasteiger partial charge in [-0.1, -0.05) is 44.2 Å². The standard InChI is InChI=1S/C26H34N8/c1-17-7-8-20(26(2,3)4)13-19(17)14-21-23-24(27-16-32(23)5)29-25(28-21)34-11-9-18(10-12-34)22-15-33(6)31-30-22/h7-8,13,15-16,18H,9-12,14H2,1-6H3. The fourth-order valence-corrected chi connectivity index (χ4v) is 4.83. The number of piperidine rings is 1. The van der Waals surface area contributed by atoms with E-state index in [1.54, 1.807) is 4.68 Å². The molecule has 34 heavy (non-hydrogen) atoms. The van der Waals surface area contributed by atoms with Crippen LogP contribution in [0.15, 0.2) is 30.7 Å². The maximum absolute atomic E-state index is 5.11. The third-order valence-corrected chi connectivity index (χ3v) is 7.02. The number of rotatable bonds is 4. The van der Waals surface area contributed by atoms with E-state index < -0.39 is 0 Å². The summed E-state index contributed by atoms with van der Waals surface area (Å²) in [5.74, 6) is 1.22. The van der Waals surface area contributed by atoms with Gasteiger partial charge in [0.05, 0.1) is 17.7 Å². The smallest absolute Gasteiger partial charge is 0.227 e. The first-order chi connectivity index (χ1) is 16.2. The van der Waals surface area contributed by atoms with Crippen molar-refractivity contribution in [3.63, 3.8) is 0 Å². The predicted molar refractivity (Wildman–Crippen MR) is 134 cm³/mol. The summed E-state index contributed by atoms with van der Waals surface area (Å²) in [5, 5.41) is 8.43. The van der Waals surface area contributed by atoms with Gasteiger partial charge in [0, 0.05) is 45.7 Å². The Bertz CT molecular complexity index is 1320. The molecule has 0 radical (unpaired) electrons. The Morgan fingerprint density at radius 3 is 2.50 bits per heavy atom. The molecule has 4 heterocycles. The summed E-state index contributed by atoms with van der Waals surface area (Å²) in [6, 6.07) is 6.81. The van der Waals surface area contributed by atoms with Gasteiger partial charge in [-0.05, 0) is 41.9 Å². The molecule has 0 atom stereocenters. The van der Waals surface area contributed by atoms with Crippen molar-refractivity contribution in [3.8, 4) is 0 Å². The molecule has 1 saturated heterocycles. The fourth-order valence-electron chi connectivity index (χ4n) is 4.83. The number of nitrogens with zero attached hydrogens (tertiary/aromatic N) is 8. The summed E-state index contributed by atoms with van der Waals surface area (Å²) >= 11 is 0. The first-order valence-electron chi connectivity index (χ1n) is 12.1. The van der Waals surface area contributed by atoms with E-state index in [1.165, 1.54) is 16.7 Å². The molecular weight excluding hydrogens is 424 g/mol. The monoisotopic (exact) mass is 458 g/mol. The number of aryl methyl sites for hydroxylation is 3. The Labute approximate surface area is 201 Å². The zero-order valence-electron chi connectivity index (χ0n) is 21.1. The SMILES string of the molecule is Cc1ccc(C(C)(C)C)cc1Cc1nc(N2CCC(c3cn(C)nn3)CC2)nc2ncn(C)c12. The fraction of sp³-hybridized carbons (Fsp3) is 0.500. The highest BCUT2D eigenvalue weighted by molar-refractivity contribution is 5.75. The van der Waals surface area contributed by atoms with E-state index in [0.29, 0.717) is 5.92 Å². The largest absolute Gasteiger partial charge is 0.341 e. The van der Waals surface area contributed by atoms with E-state index in [0.717, 1.165) is 60.9 Å². The van der Waals surface area contributed by atoms with Crippen LogP contribution in [0.5, 0.6) is 0 Å². The lowest BCUT2D eigenvalue weighted by atomic mass is 9.84. The normalized spacial score (nSPS) is 15.4. The second-order valence-corrected chi connectivity index (χ2v) is 10.6. The molecule has 0 saturated carbocycles. The summed E-state index contributed by atoms with van der Waals surface area (Å²) < 4.78 is 3.82. The van der Waals surface area contributed by atoms with Crippen LogP contribution in [0.2, 0.25) is 0 Å². The van der Waals surface area contributed by atoms with Crippen LogP contribution in [0.3, 0.4) is 0 Å². The molecule has 4 aromatic rings. The summed E-state index contributed by atoms with van der Waals surface area (Å²) in [6.45, 7) is 10.8. The Balaban J connectivity index is 1.45. The summed E-state index contributed by atoms with van der Waals surface area (Å²) in [5.41, 5.74) is 7.93. The van der Waals surface area contributed by atoms with Crippen LogP contribution >= 0.6 is 0 Å². The number of fused-ring (bicyclic) bond motifs is 1. The molecular formula is C26H34N8. The lowest BCUT2D eigenvalue weighted by Crippen LogP contribution is -2.34. The molecule has 0 aliphatic carbocycles. The van der Waals surface area contributed by atoms with Gasteiger partial charge < -0.3 is 9.47 Å². The van der Waals surface area contributed by atoms with Gasteiger partial charge in [0.15, 0.2) is 5.65 Å². The van der Waals surface area contributed by atoms with Crippen molar-refractivity contribution in [1.29, 1.82) is 0 Å². The average molecular weight is 459 g/mol. The molecule has 1 aromatic carbocycles. The number of hydrogen-bond donors (Lipinski definition) is 0. The van der Waals surface area contributed by atoms with Gasteiger partial charge in [0.2, 0.25) is 5.95 Å². The maximum atomic E-state index is 5.11. The van der Waals surface area contributed by atoms with Crippen LogP contribution in [0.4, 0.5) is 5.95 Å². The molecule has 0 amide bonds. The number of anilines is 1. The van der Waals surface area contributed by atoms with Crippen molar-refractivity contribution in [2.75, 3.05) is 18.0 Å².